The van der Waals surface area contributed by atoms with Crippen molar-refractivity contribution in [2.24, 2.45) is 0 Å². The van der Waals surface area contributed by atoms with E-state index in [-0.39, 0.29) is 16.9 Å². The van der Waals surface area contributed by atoms with Crippen LogP contribution in [-0.4, -0.2) is 230 Å². The van der Waals surface area contributed by atoms with Crippen molar-refractivity contribution in [3.63, 3.8) is 0 Å². The molecule has 4 fully saturated rings. The van der Waals surface area contributed by atoms with Crippen LogP contribution in [0.15, 0.2) is 91.0 Å². The van der Waals surface area contributed by atoms with Gasteiger partial charge in [0.05, 0.1) is 24.3 Å². The van der Waals surface area contributed by atoms with Crippen LogP contribution in [0, 0.1) is 0 Å². The second-order valence-electron chi connectivity index (χ2n) is 18.3. The van der Waals surface area contributed by atoms with E-state index in [0.717, 1.165) is 19.9 Å². The van der Waals surface area contributed by atoms with Gasteiger partial charge in [0.15, 0.2) is 31.1 Å². The van der Waals surface area contributed by atoms with Crippen LogP contribution < -0.4 is 0 Å². The first-order chi connectivity index (χ1) is 37.2. The number of aromatic hydroxyl groups is 1. The molecule has 78 heavy (non-hydrogen) atoms. The summed E-state index contributed by atoms with van der Waals surface area (Å²) in [5.74, 6) is -8.19. The summed E-state index contributed by atoms with van der Waals surface area (Å²) in [6, 6.07) is 20.1. The molecule has 0 spiro atoms. The first kappa shape index (κ1) is 59.6. The van der Waals surface area contributed by atoms with E-state index < -0.39 is 179 Å². The highest BCUT2D eigenvalue weighted by atomic mass is 16.8. The molecule has 19 atom stereocenters. The third-order valence-corrected chi connectivity index (χ3v) is 12.8. The van der Waals surface area contributed by atoms with Crippen molar-refractivity contribution < 1.29 is 132 Å². The Morgan fingerprint density at radius 1 is 0.538 bits per heavy atom. The number of hydrogen-bond donors (Lipinski definition) is 10. The number of benzene rings is 3. The molecule has 0 aliphatic carbocycles. The second-order valence-corrected chi connectivity index (χ2v) is 18.3. The van der Waals surface area contributed by atoms with Gasteiger partial charge in [0, 0.05) is 19.9 Å². The van der Waals surface area contributed by atoms with Gasteiger partial charge in [-0.3, -0.25) is 9.59 Å². The molecule has 4 saturated heterocycles. The van der Waals surface area contributed by atoms with E-state index in [1.165, 1.54) is 78.9 Å². The monoisotopic (exact) mass is 1100 g/mol. The lowest BCUT2D eigenvalue weighted by Crippen LogP contribution is -2.69. The molecule has 4 aliphatic heterocycles. The maximum Gasteiger partial charge on any atom is 0.338 e. The van der Waals surface area contributed by atoms with Crippen LogP contribution in [0.25, 0.3) is 6.08 Å². The SMILES string of the molecule is CC(=O)OCC1OC(OC2C(OC(=O)C=Cc3ccc(O)cc3)C(COC(C)=O)OC(OC3(COC(=O)c4ccccc4)OC(CO)C(O)C3OC(=O)c3ccccc3)C2OC2OC(CO)C(O)C(O)C2O)C(O)C(O)C1O. The van der Waals surface area contributed by atoms with Crippen molar-refractivity contribution >= 4 is 35.9 Å². The molecule has 27 nitrogen and oxygen atoms in total. The van der Waals surface area contributed by atoms with Gasteiger partial charge in [-0.1, -0.05) is 48.5 Å². The lowest BCUT2D eigenvalue weighted by Gasteiger charge is -2.50. The zero-order valence-electron chi connectivity index (χ0n) is 41.6. The Kier molecular flexibility index (Phi) is 20.4. The molecule has 0 bridgehead atoms. The van der Waals surface area contributed by atoms with Crippen molar-refractivity contribution in [1.29, 1.82) is 0 Å². The summed E-state index contributed by atoms with van der Waals surface area (Å²) in [7, 11) is 0. The minimum atomic E-state index is -2.87. The van der Waals surface area contributed by atoms with Gasteiger partial charge >= 0.3 is 29.8 Å². The predicted molar refractivity (Wildman–Crippen MR) is 253 cm³/mol. The lowest BCUT2D eigenvalue weighted by atomic mass is 9.95. The van der Waals surface area contributed by atoms with Crippen molar-refractivity contribution in [1.82, 2.24) is 0 Å². The smallest absolute Gasteiger partial charge is 0.338 e. The molecule has 19 unspecified atom stereocenters. The van der Waals surface area contributed by atoms with E-state index in [1.807, 2.05) is 0 Å². The number of ether oxygens (including phenoxy) is 12. The third-order valence-electron chi connectivity index (χ3n) is 12.8. The molecular weight excluding hydrogens is 1040 g/mol. The minimum Gasteiger partial charge on any atom is -0.508 e. The van der Waals surface area contributed by atoms with Crippen LogP contribution in [0.5, 0.6) is 5.75 Å². The molecule has 0 aromatic heterocycles. The fourth-order valence-corrected chi connectivity index (χ4v) is 8.70. The molecule has 0 saturated carbocycles. The number of phenolic OH excluding ortho intramolecular Hbond substituents is 1. The fraction of sp³-hybridized carbons (Fsp3) is 0.510. The zero-order chi connectivity index (χ0) is 56.4. The number of aliphatic hydroxyl groups excluding tert-OH is 9. The quantitative estimate of drug-likeness (QED) is 0.0308. The summed E-state index contributed by atoms with van der Waals surface area (Å²) in [6.07, 6.45) is -35.2. The van der Waals surface area contributed by atoms with Gasteiger partial charge in [-0.25, -0.2) is 14.4 Å². The van der Waals surface area contributed by atoms with E-state index in [1.54, 1.807) is 12.1 Å². The summed E-state index contributed by atoms with van der Waals surface area (Å²) < 4.78 is 71.3. The average Bonchev–Trinajstić information content (AvgIpc) is 3.69. The summed E-state index contributed by atoms with van der Waals surface area (Å²) in [4.78, 5) is 66.1. The molecule has 3 aromatic rings. The normalized spacial score (nSPS) is 34.9. The Morgan fingerprint density at radius 2 is 1.05 bits per heavy atom. The minimum absolute atomic E-state index is 0.0372. The molecule has 0 radical (unpaired) electrons. The van der Waals surface area contributed by atoms with E-state index >= 15 is 0 Å². The van der Waals surface area contributed by atoms with Crippen LogP contribution in [0.2, 0.25) is 0 Å². The van der Waals surface area contributed by atoms with Crippen LogP contribution >= 0.6 is 0 Å². The van der Waals surface area contributed by atoms with Gasteiger partial charge in [0.1, 0.15) is 105 Å². The Hall–Kier alpha value is -6.09. The number of phenols is 1. The predicted octanol–water partition coefficient (Wildman–Crippen LogP) is -2.91. The summed E-state index contributed by atoms with van der Waals surface area (Å²) in [5, 5.41) is 109. The Labute approximate surface area is 443 Å². The molecule has 0 amide bonds. The van der Waals surface area contributed by atoms with E-state index in [9.17, 15) is 75.0 Å². The fourth-order valence-electron chi connectivity index (χ4n) is 8.70. The number of carbonyl (C=O) groups excluding carboxylic acids is 5. The Balaban J connectivity index is 1.40. The highest BCUT2D eigenvalue weighted by molar-refractivity contribution is 5.90. The van der Waals surface area contributed by atoms with Gasteiger partial charge in [0.2, 0.25) is 5.79 Å². The number of hydrogen-bond acceptors (Lipinski definition) is 27. The van der Waals surface area contributed by atoms with Crippen molar-refractivity contribution in [2.45, 2.75) is 130 Å². The summed E-state index contributed by atoms with van der Waals surface area (Å²) in [6.45, 7) is -2.84. The number of aliphatic hydroxyl groups is 9. The van der Waals surface area contributed by atoms with E-state index in [2.05, 4.69) is 0 Å². The van der Waals surface area contributed by atoms with Gasteiger partial charge in [-0.05, 0) is 48.0 Å². The second kappa shape index (κ2) is 26.7. The molecule has 4 aliphatic rings. The maximum atomic E-state index is 14.0. The van der Waals surface area contributed by atoms with Crippen molar-refractivity contribution in [3.05, 3.63) is 108 Å². The zero-order valence-corrected chi connectivity index (χ0v) is 41.6. The number of esters is 5. The Bertz CT molecular complexity index is 2500. The molecule has 4 heterocycles. The maximum absolute atomic E-state index is 14.0. The first-order valence-electron chi connectivity index (χ1n) is 24.3. The first-order valence-corrected chi connectivity index (χ1v) is 24.3. The molecule has 10 N–H and O–H groups in total. The summed E-state index contributed by atoms with van der Waals surface area (Å²) >= 11 is 0. The van der Waals surface area contributed by atoms with Gasteiger partial charge < -0.3 is 108 Å². The van der Waals surface area contributed by atoms with E-state index in [0.29, 0.717) is 5.56 Å². The standard InChI is InChI=1S/C51H60O27/c1-24(54)67-21-32-36(59)39(62)41(64)49(71-32)74-43-42(73-34(57)18-15-26-13-16-29(56)17-14-26)33(22-68-25(2)55)72-50(44(43)75-48-40(63)38(61)35(58)30(19-52)70-48)78-51(23-69-46(65)27-9-5-3-6-10-27)45(37(60)31(20-53)77-51)76-47(66)28-11-7-4-8-12-28/h3-18,30-33,35-45,48-50,52-53,56,58-64H,19-23H2,1-2H3. The van der Waals surface area contributed by atoms with Crippen LogP contribution in [0.1, 0.15) is 40.1 Å². The lowest BCUT2D eigenvalue weighted by molar-refractivity contribution is -0.421. The number of carbonyl (C=O) groups is 5. The average molecular weight is 1110 g/mol. The summed E-state index contributed by atoms with van der Waals surface area (Å²) in [5.41, 5.74) is 0.233. The molecule has 27 heteroatoms. The van der Waals surface area contributed by atoms with E-state index in [4.69, 9.17) is 56.8 Å². The molecule has 7 rings (SSSR count). The highest BCUT2D eigenvalue weighted by Crippen LogP contribution is 2.42. The van der Waals surface area contributed by atoms with Gasteiger partial charge in [0.25, 0.3) is 0 Å². The largest absolute Gasteiger partial charge is 0.508 e. The topological polar surface area (TPSA) is 398 Å². The Morgan fingerprint density at radius 3 is 1.62 bits per heavy atom. The molecule has 3 aromatic carbocycles. The van der Waals surface area contributed by atoms with Crippen molar-refractivity contribution in [3.8, 4) is 5.75 Å². The van der Waals surface area contributed by atoms with Crippen molar-refractivity contribution in [2.75, 3.05) is 33.0 Å². The highest BCUT2D eigenvalue weighted by Gasteiger charge is 2.64. The number of rotatable bonds is 20. The molecular formula is C51H60O27. The van der Waals surface area contributed by atoms with Crippen LogP contribution in [0.4, 0.5) is 0 Å². The van der Waals surface area contributed by atoms with Crippen LogP contribution in [-0.2, 0) is 71.2 Å². The third kappa shape index (κ3) is 14.2. The van der Waals surface area contributed by atoms with Crippen LogP contribution in [0.3, 0.4) is 0 Å². The van der Waals surface area contributed by atoms with Gasteiger partial charge in [-0.2, -0.15) is 0 Å². The molecule has 426 valence electrons. The van der Waals surface area contributed by atoms with Gasteiger partial charge in [-0.15, -0.1) is 0 Å².